The van der Waals surface area contributed by atoms with E-state index in [9.17, 15) is 0 Å². The van der Waals surface area contributed by atoms with Gasteiger partial charge in [0.2, 0.25) is 0 Å². The molecule has 0 aliphatic heterocycles. The van der Waals surface area contributed by atoms with Gasteiger partial charge in [-0.05, 0) is 29.7 Å². The smallest absolute Gasteiger partial charge is 0.113 e. The molecule has 0 fully saturated rings. The van der Waals surface area contributed by atoms with Crippen molar-refractivity contribution in [1.82, 2.24) is 0 Å². The van der Waals surface area contributed by atoms with Crippen LogP contribution in [-0.2, 0) is 11.5 Å². The Morgan fingerprint density at radius 3 is 2.32 bits per heavy atom. The highest BCUT2D eigenvalue weighted by atomic mass is 32.2. The SMILES string of the molecule is [B]c1cc(CSCCC(CCCCC)SCc2ccccc2)c([B])c([B])c1[B]. The zero-order valence-electron chi connectivity index (χ0n) is 16.8. The fraction of sp³-hybridized carbons (Fsp3) is 0.455. The minimum atomic E-state index is 0.388. The van der Waals surface area contributed by atoms with Crippen LogP contribution in [0.25, 0.3) is 0 Å². The Morgan fingerprint density at radius 2 is 1.61 bits per heavy atom. The van der Waals surface area contributed by atoms with Gasteiger partial charge in [0.25, 0.3) is 0 Å². The molecule has 1 unspecified atom stereocenters. The van der Waals surface area contributed by atoms with Gasteiger partial charge >= 0.3 is 0 Å². The van der Waals surface area contributed by atoms with E-state index in [1.165, 1.54) is 37.7 Å². The molecule has 0 aliphatic rings. The van der Waals surface area contributed by atoms with Crippen LogP contribution >= 0.6 is 23.5 Å². The van der Waals surface area contributed by atoms with Gasteiger partial charge in [0, 0.05) is 16.8 Å². The van der Waals surface area contributed by atoms with Gasteiger partial charge in [-0.25, -0.2) is 0 Å². The summed E-state index contributed by atoms with van der Waals surface area (Å²) in [5.41, 5.74) is 4.26. The summed E-state index contributed by atoms with van der Waals surface area (Å²) in [5.74, 6) is 2.99. The maximum Gasteiger partial charge on any atom is 0.113 e. The maximum absolute atomic E-state index is 6.11. The van der Waals surface area contributed by atoms with Gasteiger partial charge in [-0.15, -0.1) is 21.9 Å². The van der Waals surface area contributed by atoms with Crippen LogP contribution in [0.1, 0.15) is 50.2 Å². The summed E-state index contributed by atoms with van der Waals surface area (Å²) in [6, 6.07) is 12.6. The summed E-state index contributed by atoms with van der Waals surface area (Å²) in [7, 11) is 23.8. The molecule has 8 radical (unpaired) electrons. The van der Waals surface area contributed by atoms with E-state index in [-0.39, 0.29) is 0 Å². The van der Waals surface area contributed by atoms with E-state index in [0.29, 0.717) is 27.1 Å². The second-order valence-corrected chi connectivity index (χ2v) is 9.52. The predicted octanol–water partition coefficient (Wildman–Crippen LogP) is 2.37. The van der Waals surface area contributed by atoms with Gasteiger partial charge in [0.1, 0.15) is 31.4 Å². The number of hydrogen-bond acceptors (Lipinski definition) is 2. The molecule has 0 heterocycles. The summed E-state index contributed by atoms with van der Waals surface area (Å²) >= 11 is 3.97. The van der Waals surface area contributed by atoms with E-state index in [4.69, 9.17) is 31.4 Å². The molecule has 0 aliphatic carbocycles. The highest BCUT2D eigenvalue weighted by Gasteiger charge is 2.11. The number of thioether (sulfide) groups is 2. The average Bonchev–Trinajstić information content (AvgIpc) is 2.71. The molecule has 0 N–H and O–H groups in total. The first-order chi connectivity index (χ1) is 13.5. The van der Waals surface area contributed by atoms with E-state index in [0.717, 1.165) is 22.8 Å². The van der Waals surface area contributed by atoms with E-state index in [1.807, 2.05) is 17.8 Å². The molecule has 1 atom stereocenters. The van der Waals surface area contributed by atoms with E-state index < -0.39 is 0 Å². The number of rotatable bonds is 12. The minimum Gasteiger partial charge on any atom is -0.157 e. The highest BCUT2D eigenvalue weighted by Crippen LogP contribution is 2.27. The molecule has 2 aromatic carbocycles. The lowest BCUT2D eigenvalue weighted by Gasteiger charge is -2.18. The van der Waals surface area contributed by atoms with Crippen molar-refractivity contribution in [1.29, 1.82) is 0 Å². The summed E-state index contributed by atoms with van der Waals surface area (Å²) in [6.07, 6.45) is 6.38. The lowest BCUT2D eigenvalue weighted by atomic mass is 9.65. The van der Waals surface area contributed by atoms with Crippen LogP contribution in [-0.4, -0.2) is 42.4 Å². The Kier molecular flexibility index (Phi) is 10.9. The van der Waals surface area contributed by atoms with E-state index in [2.05, 4.69) is 49.0 Å². The molecule has 138 valence electrons. The lowest BCUT2D eigenvalue weighted by molar-refractivity contribution is 0.637. The zero-order chi connectivity index (χ0) is 20.4. The molecule has 0 aromatic heterocycles. The second-order valence-electron chi connectivity index (χ2n) is 7.12. The van der Waals surface area contributed by atoms with Crippen LogP contribution in [0.3, 0.4) is 0 Å². The molecule has 28 heavy (non-hydrogen) atoms. The first-order valence-corrected chi connectivity index (χ1v) is 12.2. The van der Waals surface area contributed by atoms with Gasteiger partial charge in [-0.3, -0.25) is 0 Å². The Morgan fingerprint density at radius 1 is 0.857 bits per heavy atom. The van der Waals surface area contributed by atoms with Crippen LogP contribution in [0, 0.1) is 0 Å². The van der Waals surface area contributed by atoms with Crippen LogP contribution < -0.4 is 21.9 Å². The molecule has 2 rings (SSSR count). The Balaban J connectivity index is 1.83. The van der Waals surface area contributed by atoms with Crippen molar-refractivity contribution in [2.75, 3.05) is 5.75 Å². The maximum atomic E-state index is 6.11. The molecule has 0 spiro atoms. The summed E-state index contributed by atoms with van der Waals surface area (Å²) in [6.45, 7) is 2.26. The monoisotopic (exact) mass is 398 g/mol. The van der Waals surface area contributed by atoms with E-state index >= 15 is 0 Å². The molecule has 0 bridgehead atoms. The molecule has 6 heteroatoms. The molecule has 0 nitrogen and oxygen atoms in total. The quantitative estimate of drug-likeness (QED) is 0.398. The third kappa shape index (κ3) is 7.67. The molecule has 0 saturated carbocycles. The summed E-state index contributed by atoms with van der Waals surface area (Å²) in [4.78, 5) is 0. The molecular formula is C22H26B4S2. The number of hydrogen-bond donors (Lipinski definition) is 0. The third-order valence-electron chi connectivity index (χ3n) is 4.87. The first kappa shape index (κ1) is 23.7. The molecule has 2 aromatic rings. The highest BCUT2D eigenvalue weighted by molar-refractivity contribution is 7.99. The zero-order valence-corrected chi connectivity index (χ0v) is 18.5. The van der Waals surface area contributed by atoms with Crippen molar-refractivity contribution in [3.8, 4) is 0 Å². The van der Waals surface area contributed by atoms with Crippen molar-refractivity contribution in [3.05, 3.63) is 47.5 Å². The fourth-order valence-electron chi connectivity index (χ4n) is 3.05. The largest absolute Gasteiger partial charge is 0.157 e. The van der Waals surface area contributed by atoms with Crippen molar-refractivity contribution in [3.63, 3.8) is 0 Å². The van der Waals surface area contributed by atoms with Crippen LogP contribution in [0.15, 0.2) is 36.4 Å². The normalized spacial score (nSPS) is 12.2. The Labute approximate surface area is 185 Å². The van der Waals surface area contributed by atoms with Crippen molar-refractivity contribution >= 4 is 76.8 Å². The average molecular weight is 398 g/mol. The van der Waals surface area contributed by atoms with Gasteiger partial charge < -0.3 is 0 Å². The van der Waals surface area contributed by atoms with Crippen molar-refractivity contribution in [2.24, 2.45) is 0 Å². The standard InChI is InChI=1S/C22H26B4S2/c1-2-3-5-10-18(28-14-16-8-6-4-7-9-16)11-12-27-15-17-13-19(23)21(25)22(26)20(17)24/h4,6-9,13,18H,2-3,5,10-12,14-15H2,1H3. The van der Waals surface area contributed by atoms with Gasteiger partial charge in [0.15, 0.2) is 0 Å². The van der Waals surface area contributed by atoms with Crippen LogP contribution in [0.4, 0.5) is 0 Å². The van der Waals surface area contributed by atoms with Crippen LogP contribution in [0.5, 0.6) is 0 Å². The Hall–Kier alpha value is -0.600. The summed E-state index contributed by atoms with van der Waals surface area (Å²) < 4.78 is 0. The number of unbranched alkanes of at least 4 members (excludes halogenated alkanes) is 2. The minimum absolute atomic E-state index is 0.388. The van der Waals surface area contributed by atoms with Gasteiger partial charge in [-0.1, -0.05) is 62.6 Å². The molecule has 0 amide bonds. The van der Waals surface area contributed by atoms with Crippen molar-refractivity contribution in [2.45, 2.75) is 55.8 Å². The first-order valence-electron chi connectivity index (χ1n) is 9.98. The number of benzene rings is 2. The fourth-order valence-corrected chi connectivity index (χ4v) is 5.50. The molecular weight excluding hydrogens is 372 g/mol. The van der Waals surface area contributed by atoms with Crippen LogP contribution in [0.2, 0.25) is 0 Å². The predicted molar refractivity (Wildman–Crippen MR) is 134 cm³/mol. The van der Waals surface area contributed by atoms with Gasteiger partial charge in [0.05, 0.1) is 0 Å². The van der Waals surface area contributed by atoms with E-state index in [1.54, 1.807) is 0 Å². The topological polar surface area (TPSA) is 0 Å². The lowest BCUT2D eigenvalue weighted by Crippen LogP contribution is -2.48. The third-order valence-corrected chi connectivity index (χ3v) is 7.35. The summed E-state index contributed by atoms with van der Waals surface area (Å²) in [5, 5.41) is 0.693. The van der Waals surface area contributed by atoms with Crippen molar-refractivity contribution < 1.29 is 0 Å². The van der Waals surface area contributed by atoms with Gasteiger partial charge in [-0.2, -0.15) is 23.5 Å². The molecule has 0 saturated heterocycles. The second kappa shape index (κ2) is 12.9. The Bertz CT molecular complexity index is 722.